The molecule has 23 heavy (non-hydrogen) atoms. The number of nitrogens with one attached hydrogen (secondary N) is 2. The minimum atomic E-state index is -0.315. The summed E-state index contributed by atoms with van der Waals surface area (Å²) in [6.07, 6.45) is 4.16. The first kappa shape index (κ1) is 15.6. The van der Waals surface area contributed by atoms with E-state index < -0.39 is 0 Å². The number of carbonyl (C=O) groups excluding carboxylic acids is 2. The van der Waals surface area contributed by atoms with Crippen LogP contribution in [0.4, 0.5) is 4.79 Å². The maximum atomic E-state index is 12.7. The number of likely N-dealkylation sites (N-methyl/N-ethyl adjacent to an activating group) is 1. The number of amides is 3. The summed E-state index contributed by atoms with van der Waals surface area (Å²) in [6.45, 7) is 3.96. The van der Waals surface area contributed by atoms with Gasteiger partial charge in [-0.3, -0.25) is 4.79 Å². The fraction of sp³-hybridized carbons (Fsp3) is 0.562. The first-order chi connectivity index (χ1) is 11.0. The standard InChI is InChI=1S/C16H22N4O3/c1-9-14(10(2)18-16(22)17-9)15(21)20(3)8-12-11-6-4-5-7-13(11)23-19-12/h9H,4-8H2,1-3H3,(H2,17,18,22). The third-order valence-corrected chi connectivity index (χ3v) is 4.48. The zero-order chi connectivity index (χ0) is 16.6. The minimum Gasteiger partial charge on any atom is -0.361 e. The summed E-state index contributed by atoms with van der Waals surface area (Å²) >= 11 is 0. The Balaban J connectivity index is 1.77. The molecule has 0 aromatic carbocycles. The van der Waals surface area contributed by atoms with Gasteiger partial charge in [0.1, 0.15) is 11.5 Å². The smallest absolute Gasteiger partial charge is 0.319 e. The number of hydrogen-bond acceptors (Lipinski definition) is 4. The van der Waals surface area contributed by atoms with E-state index in [0.29, 0.717) is 17.8 Å². The molecule has 0 spiro atoms. The van der Waals surface area contributed by atoms with Crippen LogP contribution in [-0.4, -0.2) is 35.1 Å². The molecule has 1 aromatic heterocycles. The first-order valence-electron chi connectivity index (χ1n) is 7.97. The van der Waals surface area contributed by atoms with E-state index in [4.69, 9.17) is 4.52 Å². The maximum Gasteiger partial charge on any atom is 0.319 e. The van der Waals surface area contributed by atoms with Gasteiger partial charge in [-0.2, -0.15) is 0 Å². The van der Waals surface area contributed by atoms with E-state index in [1.807, 2.05) is 0 Å². The second-order valence-corrected chi connectivity index (χ2v) is 6.26. The van der Waals surface area contributed by atoms with Crippen LogP contribution in [0.15, 0.2) is 15.8 Å². The molecule has 1 unspecified atom stereocenters. The highest BCUT2D eigenvalue weighted by Gasteiger charge is 2.29. The lowest BCUT2D eigenvalue weighted by molar-refractivity contribution is -0.126. The molecular formula is C16H22N4O3. The van der Waals surface area contributed by atoms with Gasteiger partial charge in [-0.15, -0.1) is 0 Å². The Labute approximate surface area is 135 Å². The number of nitrogens with zero attached hydrogens (tertiary/aromatic N) is 2. The molecule has 2 N–H and O–H groups in total. The van der Waals surface area contributed by atoms with Crippen LogP contribution in [0.1, 0.15) is 43.7 Å². The minimum absolute atomic E-state index is 0.116. The van der Waals surface area contributed by atoms with Crippen LogP contribution in [0.2, 0.25) is 0 Å². The average Bonchev–Trinajstić information content (AvgIpc) is 2.89. The molecule has 124 valence electrons. The molecule has 2 heterocycles. The lowest BCUT2D eigenvalue weighted by Gasteiger charge is -2.28. The number of allylic oxidation sites excluding steroid dienone is 1. The molecule has 3 rings (SSSR count). The van der Waals surface area contributed by atoms with E-state index in [1.54, 1.807) is 25.8 Å². The molecule has 7 nitrogen and oxygen atoms in total. The molecule has 2 aliphatic rings. The normalized spacial score (nSPS) is 20.7. The van der Waals surface area contributed by atoms with Gasteiger partial charge >= 0.3 is 6.03 Å². The second-order valence-electron chi connectivity index (χ2n) is 6.26. The molecule has 0 fully saturated rings. The Kier molecular flexibility index (Phi) is 4.11. The van der Waals surface area contributed by atoms with Crippen LogP contribution in [0.5, 0.6) is 0 Å². The summed E-state index contributed by atoms with van der Waals surface area (Å²) in [5, 5.41) is 9.51. The molecular weight excluding hydrogens is 296 g/mol. The summed E-state index contributed by atoms with van der Waals surface area (Å²) < 4.78 is 5.40. The van der Waals surface area contributed by atoms with Gasteiger partial charge in [-0.1, -0.05) is 5.16 Å². The first-order valence-corrected chi connectivity index (χ1v) is 7.97. The predicted octanol–water partition coefficient (Wildman–Crippen LogP) is 1.49. The van der Waals surface area contributed by atoms with Gasteiger partial charge in [0.25, 0.3) is 5.91 Å². The van der Waals surface area contributed by atoms with Crippen molar-refractivity contribution in [1.82, 2.24) is 20.7 Å². The van der Waals surface area contributed by atoms with Crippen molar-refractivity contribution in [2.24, 2.45) is 0 Å². The van der Waals surface area contributed by atoms with Gasteiger partial charge < -0.3 is 20.1 Å². The van der Waals surface area contributed by atoms with Crippen molar-refractivity contribution in [2.45, 2.75) is 52.1 Å². The van der Waals surface area contributed by atoms with E-state index in [0.717, 1.165) is 42.7 Å². The number of aryl methyl sites for hydroxylation is 1. The Morgan fingerprint density at radius 2 is 2.13 bits per heavy atom. The highest BCUT2D eigenvalue weighted by atomic mass is 16.5. The Morgan fingerprint density at radius 3 is 2.87 bits per heavy atom. The SMILES string of the molecule is CC1=C(C(=O)N(C)Cc2noc3c2CCCC3)C(C)NC(=O)N1. The molecule has 0 saturated carbocycles. The van der Waals surface area contributed by atoms with Crippen molar-refractivity contribution >= 4 is 11.9 Å². The van der Waals surface area contributed by atoms with E-state index >= 15 is 0 Å². The fourth-order valence-corrected chi connectivity index (χ4v) is 3.29. The molecule has 1 atom stereocenters. The maximum absolute atomic E-state index is 12.7. The van der Waals surface area contributed by atoms with Crippen LogP contribution in [0.25, 0.3) is 0 Å². The fourth-order valence-electron chi connectivity index (χ4n) is 3.29. The van der Waals surface area contributed by atoms with Crippen molar-refractivity contribution in [3.8, 4) is 0 Å². The van der Waals surface area contributed by atoms with E-state index in [9.17, 15) is 9.59 Å². The number of fused-ring (bicyclic) bond motifs is 1. The van der Waals surface area contributed by atoms with Crippen molar-refractivity contribution in [3.05, 3.63) is 28.3 Å². The highest BCUT2D eigenvalue weighted by molar-refractivity contribution is 5.98. The summed E-state index contributed by atoms with van der Waals surface area (Å²) in [7, 11) is 1.75. The van der Waals surface area contributed by atoms with Gasteiger partial charge in [0.05, 0.1) is 18.2 Å². The van der Waals surface area contributed by atoms with Crippen LogP contribution in [0, 0.1) is 0 Å². The summed E-state index contributed by atoms with van der Waals surface area (Å²) in [5.41, 5.74) is 3.17. The Bertz CT molecular complexity index is 677. The van der Waals surface area contributed by atoms with E-state index in [1.165, 1.54) is 0 Å². The van der Waals surface area contributed by atoms with Crippen LogP contribution < -0.4 is 10.6 Å². The van der Waals surface area contributed by atoms with E-state index in [2.05, 4.69) is 15.8 Å². The molecule has 1 aliphatic heterocycles. The Morgan fingerprint density at radius 1 is 1.39 bits per heavy atom. The summed E-state index contributed by atoms with van der Waals surface area (Å²) in [5.74, 6) is 0.845. The van der Waals surface area contributed by atoms with Gasteiger partial charge in [-0.25, -0.2) is 4.79 Å². The molecule has 3 amide bonds. The summed E-state index contributed by atoms with van der Waals surface area (Å²) in [6, 6.07) is -0.593. The molecule has 7 heteroatoms. The topological polar surface area (TPSA) is 87.5 Å². The van der Waals surface area contributed by atoms with Gasteiger partial charge in [0, 0.05) is 24.7 Å². The number of aromatic nitrogens is 1. The monoisotopic (exact) mass is 318 g/mol. The molecule has 0 saturated heterocycles. The molecule has 1 aromatic rings. The largest absolute Gasteiger partial charge is 0.361 e. The quantitative estimate of drug-likeness (QED) is 0.884. The van der Waals surface area contributed by atoms with Crippen molar-refractivity contribution in [1.29, 1.82) is 0 Å². The molecule has 1 aliphatic carbocycles. The number of urea groups is 1. The van der Waals surface area contributed by atoms with Gasteiger partial charge in [-0.05, 0) is 33.1 Å². The third kappa shape index (κ3) is 2.95. The van der Waals surface area contributed by atoms with Gasteiger partial charge in [0.2, 0.25) is 0 Å². The van der Waals surface area contributed by atoms with E-state index in [-0.39, 0.29) is 18.0 Å². The third-order valence-electron chi connectivity index (χ3n) is 4.48. The highest BCUT2D eigenvalue weighted by Crippen LogP contribution is 2.25. The zero-order valence-electron chi connectivity index (χ0n) is 13.7. The lowest BCUT2D eigenvalue weighted by Crippen LogP contribution is -2.50. The lowest BCUT2D eigenvalue weighted by atomic mass is 9.96. The number of hydrogen-bond donors (Lipinski definition) is 2. The number of rotatable bonds is 3. The molecule has 0 radical (unpaired) electrons. The van der Waals surface area contributed by atoms with Crippen molar-refractivity contribution in [3.63, 3.8) is 0 Å². The Hall–Kier alpha value is -2.31. The number of carbonyl (C=O) groups is 2. The molecule has 0 bridgehead atoms. The van der Waals surface area contributed by atoms with Crippen molar-refractivity contribution in [2.75, 3.05) is 7.05 Å². The second kappa shape index (κ2) is 6.06. The zero-order valence-corrected chi connectivity index (χ0v) is 13.7. The average molecular weight is 318 g/mol. The predicted molar refractivity (Wildman–Crippen MR) is 83.4 cm³/mol. The van der Waals surface area contributed by atoms with Crippen molar-refractivity contribution < 1.29 is 14.1 Å². The van der Waals surface area contributed by atoms with Crippen LogP contribution in [-0.2, 0) is 24.2 Å². The van der Waals surface area contributed by atoms with Crippen LogP contribution >= 0.6 is 0 Å². The van der Waals surface area contributed by atoms with Crippen LogP contribution in [0.3, 0.4) is 0 Å². The summed E-state index contributed by atoms with van der Waals surface area (Å²) in [4.78, 5) is 25.8. The van der Waals surface area contributed by atoms with Gasteiger partial charge in [0.15, 0.2) is 0 Å².